The number of benzene rings is 1. The van der Waals surface area contributed by atoms with Crippen molar-refractivity contribution in [3.63, 3.8) is 0 Å². The number of likely N-dealkylation sites (tertiary alicyclic amines) is 1. The van der Waals surface area contributed by atoms with Gasteiger partial charge in [0.1, 0.15) is 5.75 Å². The van der Waals surface area contributed by atoms with Gasteiger partial charge in [-0.1, -0.05) is 22.0 Å². The molecule has 1 aliphatic heterocycles. The van der Waals surface area contributed by atoms with Gasteiger partial charge >= 0.3 is 5.97 Å². The maximum atomic E-state index is 12.1. The van der Waals surface area contributed by atoms with Crippen LogP contribution in [-0.2, 0) is 9.59 Å². The molecule has 5 nitrogen and oxygen atoms in total. The SMILES string of the molecule is CC1(C(=O)O)CCN(C(=O)CCCOc2cccc(Br)c2)C1. The van der Waals surface area contributed by atoms with E-state index in [1.54, 1.807) is 11.8 Å². The highest BCUT2D eigenvalue weighted by Gasteiger charge is 2.41. The van der Waals surface area contributed by atoms with Crippen molar-refractivity contribution in [3.8, 4) is 5.75 Å². The Bertz CT molecular complexity index is 563. The highest BCUT2D eigenvalue weighted by Crippen LogP contribution is 2.30. The zero-order valence-corrected chi connectivity index (χ0v) is 14.1. The minimum Gasteiger partial charge on any atom is -0.494 e. The normalized spacial score (nSPS) is 20.9. The standard InChI is InChI=1S/C16H20BrNO4/c1-16(15(20)21)7-8-18(11-16)14(19)6-3-9-22-13-5-2-4-12(17)10-13/h2,4-5,10H,3,6-9,11H2,1H3,(H,20,21). The van der Waals surface area contributed by atoms with Gasteiger partial charge in [-0.15, -0.1) is 0 Å². The first kappa shape index (κ1) is 16.8. The fourth-order valence-electron chi connectivity index (χ4n) is 2.48. The van der Waals surface area contributed by atoms with Gasteiger partial charge in [-0.25, -0.2) is 0 Å². The number of hydrogen-bond donors (Lipinski definition) is 1. The Hall–Kier alpha value is -1.56. The molecule has 1 aliphatic rings. The lowest BCUT2D eigenvalue weighted by atomic mass is 9.90. The third-order valence-electron chi connectivity index (χ3n) is 3.94. The molecule has 1 saturated heterocycles. The molecule has 1 atom stereocenters. The highest BCUT2D eigenvalue weighted by atomic mass is 79.9. The van der Waals surface area contributed by atoms with Crippen LogP contribution in [0.1, 0.15) is 26.2 Å². The van der Waals surface area contributed by atoms with Crippen molar-refractivity contribution in [1.29, 1.82) is 0 Å². The van der Waals surface area contributed by atoms with Gasteiger partial charge < -0.3 is 14.7 Å². The molecular weight excluding hydrogens is 350 g/mol. The largest absolute Gasteiger partial charge is 0.494 e. The summed E-state index contributed by atoms with van der Waals surface area (Å²) in [5.74, 6) is -0.0648. The van der Waals surface area contributed by atoms with E-state index in [1.165, 1.54) is 0 Å². The number of nitrogens with zero attached hydrogens (tertiary/aromatic N) is 1. The van der Waals surface area contributed by atoms with Gasteiger partial charge in [0.15, 0.2) is 0 Å². The lowest BCUT2D eigenvalue weighted by molar-refractivity contribution is -0.147. The van der Waals surface area contributed by atoms with Gasteiger partial charge in [0.05, 0.1) is 12.0 Å². The predicted octanol–water partition coefficient (Wildman–Crippen LogP) is 2.93. The lowest BCUT2D eigenvalue weighted by Crippen LogP contribution is -2.34. The maximum absolute atomic E-state index is 12.1. The van der Waals surface area contributed by atoms with Crippen LogP contribution < -0.4 is 4.74 Å². The van der Waals surface area contributed by atoms with E-state index in [9.17, 15) is 14.7 Å². The average Bonchev–Trinajstić information content (AvgIpc) is 2.88. The number of carboxylic acids is 1. The second kappa shape index (κ2) is 7.13. The van der Waals surface area contributed by atoms with Crippen molar-refractivity contribution in [2.75, 3.05) is 19.7 Å². The molecule has 1 N–H and O–H groups in total. The zero-order chi connectivity index (χ0) is 16.2. The smallest absolute Gasteiger partial charge is 0.311 e. The molecule has 0 bridgehead atoms. The molecule has 120 valence electrons. The Kier molecular flexibility index (Phi) is 5.45. The van der Waals surface area contributed by atoms with Crippen LogP contribution in [0.5, 0.6) is 5.75 Å². The Morgan fingerprint density at radius 1 is 1.45 bits per heavy atom. The fourth-order valence-corrected chi connectivity index (χ4v) is 2.86. The minimum absolute atomic E-state index is 0.00261. The van der Waals surface area contributed by atoms with Gasteiger partial charge in [0.25, 0.3) is 0 Å². The van der Waals surface area contributed by atoms with Crippen LogP contribution in [-0.4, -0.2) is 41.6 Å². The van der Waals surface area contributed by atoms with E-state index in [0.29, 0.717) is 39.0 Å². The van der Waals surface area contributed by atoms with Crippen LogP contribution in [0.3, 0.4) is 0 Å². The summed E-state index contributed by atoms with van der Waals surface area (Å²) in [6, 6.07) is 7.55. The molecule has 1 aromatic carbocycles. The third kappa shape index (κ3) is 4.22. The monoisotopic (exact) mass is 369 g/mol. The van der Waals surface area contributed by atoms with Gasteiger partial charge in [-0.2, -0.15) is 0 Å². The summed E-state index contributed by atoms with van der Waals surface area (Å²) < 4.78 is 6.53. The molecule has 0 aromatic heterocycles. The van der Waals surface area contributed by atoms with Crippen LogP contribution in [0.2, 0.25) is 0 Å². The Balaban J connectivity index is 1.71. The van der Waals surface area contributed by atoms with Gasteiger partial charge in [0, 0.05) is 24.0 Å². The zero-order valence-electron chi connectivity index (χ0n) is 12.5. The van der Waals surface area contributed by atoms with Crippen molar-refractivity contribution < 1.29 is 19.4 Å². The number of ether oxygens (including phenoxy) is 1. The molecule has 1 fully saturated rings. The van der Waals surface area contributed by atoms with Crippen LogP contribution >= 0.6 is 15.9 Å². The lowest BCUT2D eigenvalue weighted by Gasteiger charge is -2.20. The number of carbonyl (C=O) groups is 2. The second-order valence-electron chi connectivity index (χ2n) is 5.84. The number of aliphatic carboxylic acids is 1. The summed E-state index contributed by atoms with van der Waals surface area (Å²) in [6.45, 7) is 2.98. The first-order chi connectivity index (χ1) is 10.4. The number of carbonyl (C=O) groups excluding carboxylic acids is 1. The number of hydrogen-bond acceptors (Lipinski definition) is 3. The number of rotatable bonds is 6. The number of amides is 1. The van der Waals surface area contributed by atoms with Crippen LogP contribution in [0, 0.1) is 5.41 Å². The molecule has 2 rings (SSSR count). The summed E-state index contributed by atoms with van der Waals surface area (Å²) >= 11 is 3.37. The summed E-state index contributed by atoms with van der Waals surface area (Å²) in [4.78, 5) is 24.9. The molecule has 6 heteroatoms. The van der Waals surface area contributed by atoms with Gasteiger partial charge in [-0.05, 0) is 38.0 Å². The van der Waals surface area contributed by atoms with Crippen LogP contribution in [0.25, 0.3) is 0 Å². The van der Waals surface area contributed by atoms with Crippen molar-refractivity contribution in [1.82, 2.24) is 4.90 Å². The van der Waals surface area contributed by atoms with Crippen molar-refractivity contribution in [3.05, 3.63) is 28.7 Å². The quantitative estimate of drug-likeness (QED) is 0.782. The van der Waals surface area contributed by atoms with E-state index in [-0.39, 0.29) is 5.91 Å². The Morgan fingerprint density at radius 2 is 2.23 bits per heavy atom. The van der Waals surface area contributed by atoms with Crippen LogP contribution in [0.4, 0.5) is 0 Å². The van der Waals surface area contributed by atoms with E-state index in [0.717, 1.165) is 10.2 Å². The van der Waals surface area contributed by atoms with E-state index < -0.39 is 11.4 Å². The minimum atomic E-state index is -0.833. The van der Waals surface area contributed by atoms with Gasteiger partial charge in [-0.3, -0.25) is 9.59 Å². The van der Waals surface area contributed by atoms with E-state index in [4.69, 9.17) is 4.74 Å². The summed E-state index contributed by atoms with van der Waals surface area (Å²) in [6.07, 6.45) is 1.51. The molecule has 1 amide bonds. The summed E-state index contributed by atoms with van der Waals surface area (Å²) in [5.41, 5.74) is -0.803. The molecular formula is C16H20BrNO4. The molecule has 1 unspecified atom stereocenters. The second-order valence-corrected chi connectivity index (χ2v) is 6.76. The van der Waals surface area contributed by atoms with Gasteiger partial charge in [0.2, 0.25) is 5.91 Å². The average molecular weight is 370 g/mol. The molecule has 0 aliphatic carbocycles. The van der Waals surface area contributed by atoms with Crippen molar-refractivity contribution in [2.45, 2.75) is 26.2 Å². The molecule has 1 aromatic rings. The molecule has 0 saturated carbocycles. The molecule has 0 radical (unpaired) electrons. The number of carboxylic acid groups (broad SMARTS) is 1. The Morgan fingerprint density at radius 3 is 2.86 bits per heavy atom. The molecule has 1 heterocycles. The van der Waals surface area contributed by atoms with E-state index in [2.05, 4.69) is 15.9 Å². The summed E-state index contributed by atoms with van der Waals surface area (Å²) in [5, 5.41) is 9.17. The molecule has 0 spiro atoms. The first-order valence-corrected chi connectivity index (χ1v) is 8.09. The Labute approximate surface area is 138 Å². The maximum Gasteiger partial charge on any atom is 0.311 e. The highest BCUT2D eigenvalue weighted by molar-refractivity contribution is 9.10. The topological polar surface area (TPSA) is 66.8 Å². The predicted molar refractivity (Wildman–Crippen MR) is 85.8 cm³/mol. The third-order valence-corrected chi connectivity index (χ3v) is 4.44. The van der Waals surface area contributed by atoms with Crippen LogP contribution in [0.15, 0.2) is 28.7 Å². The van der Waals surface area contributed by atoms with Crippen molar-refractivity contribution >= 4 is 27.8 Å². The first-order valence-electron chi connectivity index (χ1n) is 7.30. The summed E-state index contributed by atoms with van der Waals surface area (Å²) in [7, 11) is 0. The van der Waals surface area contributed by atoms with E-state index in [1.807, 2.05) is 24.3 Å². The van der Waals surface area contributed by atoms with Crippen molar-refractivity contribution in [2.24, 2.45) is 5.41 Å². The van der Waals surface area contributed by atoms with E-state index >= 15 is 0 Å². The molecule has 22 heavy (non-hydrogen) atoms. The number of halogens is 1. The fraction of sp³-hybridized carbons (Fsp3) is 0.500.